The molecule has 1 atom stereocenters. The molecule has 1 fully saturated rings. The number of nitrogens with one attached hydrogen (secondary N) is 1. The summed E-state index contributed by atoms with van der Waals surface area (Å²) in [6.45, 7) is 3.08. The second-order valence-corrected chi connectivity index (χ2v) is 5.41. The van der Waals surface area contributed by atoms with Crippen LogP contribution in [-0.2, 0) is 11.3 Å². The molecule has 0 bridgehead atoms. The lowest BCUT2D eigenvalue weighted by Gasteiger charge is -2.08. The van der Waals surface area contributed by atoms with Crippen LogP contribution < -0.4 is 5.32 Å². The first kappa shape index (κ1) is 12.0. The summed E-state index contributed by atoms with van der Waals surface area (Å²) in [5.74, 6) is 0.725. The molecule has 1 heterocycles. The van der Waals surface area contributed by atoms with Gasteiger partial charge in [0.1, 0.15) is 11.1 Å². The fraction of sp³-hybridized carbons (Fsp3) is 0.750. The Kier molecular flexibility index (Phi) is 3.95. The highest BCUT2D eigenvalue weighted by Crippen LogP contribution is 2.43. The Morgan fingerprint density at radius 3 is 2.81 bits per heavy atom. The van der Waals surface area contributed by atoms with E-state index in [0.717, 1.165) is 23.9 Å². The van der Waals surface area contributed by atoms with E-state index in [2.05, 4.69) is 12.2 Å². The summed E-state index contributed by atoms with van der Waals surface area (Å²) >= 11 is 1.81. The predicted octanol–water partition coefficient (Wildman–Crippen LogP) is 2.84. The molecule has 16 heavy (non-hydrogen) atoms. The van der Waals surface area contributed by atoms with Crippen LogP contribution in [0.2, 0.25) is 0 Å². The third-order valence-corrected chi connectivity index (χ3v) is 4.14. The third kappa shape index (κ3) is 2.44. The van der Waals surface area contributed by atoms with E-state index in [1.165, 1.54) is 23.4 Å². The van der Waals surface area contributed by atoms with Crippen LogP contribution in [0.4, 0.5) is 0 Å². The molecular weight excluding hydrogens is 220 g/mol. The van der Waals surface area contributed by atoms with Gasteiger partial charge in [-0.1, -0.05) is 6.92 Å². The van der Waals surface area contributed by atoms with Gasteiger partial charge in [0.2, 0.25) is 0 Å². The van der Waals surface area contributed by atoms with Crippen molar-refractivity contribution < 1.29 is 4.74 Å². The highest BCUT2D eigenvalue weighted by molar-refractivity contribution is 7.11. The molecule has 0 spiro atoms. The lowest BCUT2D eigenvalue weighted by Crippen LogP contribution is -2.05. The van der Waals surface area contributed by atoms with Crippen molar-refractivity contribution in [2.75, 3.05) is 14.2 Å². The Balaban J connectivity index is 2.22. The largest absolute Gasteiger partial charge is 0.374 e. The summed E-state index contributed by atoms with van der Waals surface area (Å²) in [6, 6.07) is 0. The molecule has 3 nitrogen and oxygen atoms in total. The molecule has 1 aliphatic carbocycles. The van der Waals surface area contributed by atoms with Gasteiger partial charge in [-0.15, -0.1) is 11.3 Å². The van der Waals surface area contributed by atoms with Crippen molar-refractivity contribution >= 4 is 11.3 Å². The number of methoxy groups -OCH3 is 1. The first-order valence-corrected chi connectivity index (χ1v) is 6.78. The van der Waals surface area contributed by atoms with Crippen LogP contribution in [0.15, 0.2) is 0 Å². The fourth-order valence-electron chi connectivity index (χ4n) is 1.93. The molecule has 90 valence electrons. The zero-order chi connectivity index (χ0) is 11.5. The van der Waals surface area contributed by atoms with Crippen LogP contribution in [0.3, 0.4) is 0 Å². The van der Waals surface area contributed by atoms with E-state index >= 15 is 0 Å². The minimum Gasteiger partial charge on any atom is -0.374 e. The van der Waals surface area contributed by atoms with E-state index in [9.17, 15) is 0 Å². The highest BCUT2D eigenvalue weighted by atomic mass is 32.1. The number of hydrogen-bond donors (Lipinski definition) is 1. The molecule has 2 rings (SSSR count). The van der Waals surface area contributed by atoms with Crippen molar-refractivity contribution in [3.8, 4) is 0 Å². The predicted molar refractivity (Wildman–Crippen MR) is 66.9 cm³/mol. The third-order valence-electron chi connectivity index (χ3n) is 2.98. The molecular formula is C12H20N2OS. The lowest BCUT2D eigenvalue weighted by molar-refractivity contribution is 0.0996. The Morgan fingerprint density at radius 2 is 2.31 bits per heavy atom. The Labute approximate surface area is 101 Å². The first-order chi connectivity index (χ1) is 7.80. The number of aromatic nitrogens is 1. The molecule has 1 aromatic heterocycles. The highest BCUT2D eigenvalue weighted by Gasteiger charge is 2.30. The number of thiazole rings is 1. The van der Waals surface area contributed by atoms with Gasteiger partial charge in [-0.25, -0.2) is 4.98 Å². The molecule has 1 aromatic rings. The maximum Gasteiger partial charge on any atom is 0.122 e. The van der Waals surface area contributed by atoms with Crippen LogP contribution in [0.25, 0.3) is 0 Å². The standard InChI is InChI=1S/C12H20N2OS/c1-4-9(15-3)12-14-11(8-5-6-8)10(16-12)7-13-2/h8-9,13H,4-7H2,1-3H3. The molecule has 1 unspecified atom stereocenters. The van der Waals surface area contributed by atoms with Gasteiger partial charge in [0.15, 0.2) is 0 Å². The van der Waals surface area contributed by atoms with E-state index in [1.54, 1.807) is 7.11 Å². The van der Waals surface area contributed by atoms with Crippen LogP contribution in [-0.4, -0.2) is 19.1 Å². The molecule has 0 radical (unpaired) electrons. The van der Waals surface area contributed by atoms with Gasteiger partial charge in [-0.2, -0.15) is 0 Å². The SMILES string of the molecule is CCC(OC)c1nc(C2CC2)c(CNC)s1. The molecule has 1 aliphatic rings. The maximum atomic E-state index is 5.46. The van der Waals surface area contributed by atoms with Crippen LogP contribution in [0.1, 0.15) is 53.8 Å². The molecule has 1 N–H and O–H groups in total. The fourth-order valence-corrected chi connectivity index (χ4v) is 3.25. The maximum absolute atomic E-state index is 5.46. The van der Waals surface area contributed by atoms with Gasteiger partial charge in [0, 0.05) is 24.4 Å². The van der Waals surface area contributed by atoms with E-state index in [1.807, 2.05) is 18.4 Å². The smallest absolute Gasteiger partial charge is 0.122 e. The van der Waals surface area contributed by atoms with Gasteiger partial charge < -0.3 is 10.1 Å². The van der Waals surface area contributed by atoms with Crippen LogP contribution in [0, 0.1) is 0 Å². The summed E-state index contributed by atoms with van der Waals surface area (Å²) in [6.07, 6.45) is 3.79. The molecule has 4 heteroatoms. The van der Waals surface area contributed by atoms with Crippen molar-refractivity contribution in [1.29, 1.82) is 0 Å². The Bertz CT molecular complexity index is 343. The zero-order valence-corrected chi connectivity index (χ0v) is 11.1. The molecule has 1 saturated carbocycles. The first-order valence-electron chi connectivity index (χ1n) is 5.97. The zero-order valence-electron chi connectivity index (χ0n) is 10.2. The van der Waals surface area contributed by atoms with Crippen molar-refractivity contribution in [1.82, 2.24) is 10.3 Å². The summed E-state index contributed by atoms with van der Waals surface area (Å²) in [7, 11) is 3.76. The van der Waals surface area contributed by atoms with Gasteiger partial charge in [-0.3, -0.25) is 0 Å². The molecule has 0 aliphatic heterocycles. The normalized spacial score (nSPS) is 17.7. The molecule has 0 aromatic carbocycles. The molecule has 0 saturated heterocycles. The van der Waals surface area contributed by atoms with Gasteiger partial charge in [-0.05, 0) is 26.3 Å². The second-order valence-electron chi connectivity index (χ2n) is 4.30. The van der Waals surface area contributed by atoms with Crippen molar-refractivity contribution in [2.45, 2.75) is 44.8 Å². The summed E-state index contributed by atoms with van der Waals surface area (Å²) in [5.41, 5.74) is 1.32. The summed E-state index contributed by atoms with van der Waals surface area (Å²) in [4.78, 5) is 6.18. The van der Waals surface area contributed by atoms with E-state index < -0.39 is 0 Å². The Hall–Kier alpha value is -0.450. The van der Waals surface area contributed by atoms with Crippen molar-refractivity contribution in [2.24, 2.45) is 0 Å². The topological polar surface area (TPSA) is 34.1 Å². The number of hydrogen-bond acceptors (Lipinski definition) is 4. The lowest BCUT2D eigenvalue weighted by atomic mass is 10.2. The average Bonchev–Trinajstić information content (AvgIpc) is 3.05. The minimum absolute atomic E-state index is 0.174. The van der Waals surface area contributed by atoms with E-state index in [-0.39, 0.29) is 6.10 Å². The minimum atomic E-state index is 0.174. The Morgan fingerprint density at radius 1 is 1.56 bits per heavy atom. The van der Waals surface area contributed by atoms with Crippen LogP contribution in [0.5, 0.6) is 0 Å². The van der Waals surface area contributed by atoms with Gasteiger partial charge in [0.05, 0.1) is 5.69 Å². The van der Waals surface area contributed by atoms with Crippen LogP contribution >= 0.6 is 11.3 Å². The van der Waals surface area contributed by atoms with Gasteiger partial charge >= 0.3 is 0 Å². The monoisotopic (exact) mass is 240 g/mol. The number of rotatable bonds is 6. The van der Waals surface area contributed by atoms with Gasteiger partial charge in [0.25, 0.3) is 0 Å². The van der Waals surface area contributed by atoms with Crippen molar-refractivity contribution in [3.63, 3.8) is 0 Å². The second kappa shape index (κ2) is 5.25. The van der Waals surface area contributed by atoms with Crippen molar-refractivity contribution in [3.05, 3.63) is 15.6 Å². The summed E-state index contributed by atoms with van der Waals surface area (Å²) < 4.78 is 5.46. The van der Waals surface area contributed by atoms with E-state index in [4.69, 9.17) is 9.72 Å². The summed E-state index contributed by atoms with van der Waals surface area (Å²) in [5, 5.41) is 4.38. The number of nitrogens with zero attached hydrogens (tertiary/aromatic N) is 1. The average molecular weight is 240 g/mol. The quantitative estimate of drug-likeness (QED) is 0.830. The van der Waals surface area contributed by atoms with E-state index in [0.29, 0.717) is 0 Å². The number of ether oxygens (including phenoxy) is 1. The molecule has 0 amide bonds.